The van der Waals surface area contributed by atoms with Gasteiger partial charge >= 0.3 is 17.8 Å². The van der Waals surface area contributed by atoms with E-state index in [1.807, 2.05) is 49.7 Å². The monoisotopic (exact) mass is 869 g/mol. The molecule has 2 aliphatic rings. The van der Waals surface area contributed by atoms with E-state index >= 15 is 0 Å². The maximum absolute atomic E-state index is 14.2. The molecule has 17 heteroatoms. The molecule has 3 aromatic carbocycles. The third-order valence-electron chi connectivity index (χ3n) is 12.8. The van der Waals surface area contributed by atoms with Crippen LogP contribution in [0.1, 0.15) is 67.9 Å². The fourth-order valence-corrected chi connectivity index (χ4v) is 9.37. The van der Waals surface area contributed by atoms with Crippen molar-refractivity contribution in [3.63, 3.8) is 0 Å². The summed E-state index contributed by atoms with van der Waals surface area (Å²) in [6.07, 6.45) is 1.43. The maximum Gasteiger partial charge on any atom is 0.407 e. The van der Waals surface area contributed by atoms with E-state index in [9.17, 15) is 39.6 Å². The molecule has 1 atom stereocenters. The van der Waals surface area contributed by atoms with E-state index in [-0.39, 0.29) is 86.0 Å². The molecule has 9 rings (SSSR count). The minimum atomic E-state index is -1.47. The SMILES string of the molecule is CCc1c2c(nc3ccc(O)cc13)-c1cc3c(c(=O)n1C2)COC(=O)C3(CC)CN(CCOCCn1ccc2cc(-n3c(-c4cc(C(C)C)c(O)cc4O)n[nH]c3=O)ccc21)C(=O)O. The standard InChI is InChI=1S/C47H47N7O10/c1-5-29-31-18-28(55)8-9-36(31)48-41-33(29)22-53-38(41)20-35-34(43(53)58)23-64-44(59)47(35,6-2)24-52(46(61)62)14-16-63-15-13-51-12-11-26-17-27(7-10-37(26)51)54-42(49-50-45(54)60)32-19-30(25(3)4)39(56)21-40(32)57/h7-12,17-21,25,55-57H,5-6,13-16,22-24H2,1-4H3,(H,50,60)(H,61,62). The highest BCUT2D eigenvalue weighted by Gasteiger charge is 2.49. The van der Waals surface area contributed by atoms with Crippen molar-refractivity contribution in [1.82, 2.24) is 33.8 Å². The summed E-state index contributed by atoms with van der Waals surface area (Å²) in [6, 6.07) is 17.0. The van der Waals surface area contributed by atoms with Crippen molar-refractivity contribution in [2.24, 2.45) is 0 Å². The van der Waals surface area contributed by atoms with Crippen LogP contribution in [0.2, 0.25) is 0 Å². The highest BCUT2D eigenvalue weighted by molar-refractivity contribution is 5.91. The Bertz CT molecular complexity index is 3160. The fraction of sp³-hybridized carbons (Fsp3) is 0.319. The quantitative estimate of drug-likeness (QED) is 0.0652. The van der Waals surface area contributed by atoms with Crippen molar-refractivity contribution < 1.29 is 39.5 Å². The zero-order chi connectivity index (χ0) is 45.2. The van der Waals surface area contributed by atoms with Crippen molar-refractivity contribution in [3.8, 4) is 45.7 Å². The number of nitrogens with zero attached hydrogens (tertiary/aromatic N) is 6. The van der Waals surface area contributed by atoms with Crippen LogP contribution in [0.15, 0.2) is 76.4 Å². The van der Waals surface area contributed by atoms with Gasteiger partial charge in [0.15, 0.2) is 5.82 Å². The predicted octanol–water partition coefficient (Wildman–Crippen LogP) is 6.12. The second-order valence-electron chi connectivity index (χ2n) is 16.6. The molecular weight excluding hydrogens is 823 g/mol. The van der Waals surface area contributed by atoms with E-state index in [0.29, 0.717) is 52.2 Å². The third-order valence-corrected chi connectivity index (χ3v) is 12.8. The molecule has 0 fully saturated rings. The van der Waals surface area contributed by atoms with Gasteiger partial charge in [0, 0.05) is 53.8 Å². The Morgan fingerprint density at radius 1 is 0.984 bits per heavy atom. The summed E-state index contributed by atoms with van der Waals surface area (Å²) in [5.41, 5.74) is 4.35. The summed E-state index contributed by atoms with van der Waals surface area (Å²) >= 11 is 0. The van der Waals surface area contributed by atoms with Gasteiger partial charge in [0.1, 0.15) is 29.3 Å². The number of hydrogen-bond acceptors (Lipinski definition) is 11. The molecule has 5 N–H and O–H groups in total. The number of fused-ring (bicyclic) bond motifs is 6. The smallest absolute Gasteiger partial charge is 0.407 e. The van der Waals surface area contributed by atoms with E-state index < -0.39 is 23.2 Å². The number of carbonyl (C=O) groups is 2. The number of pyridine rings is 2. The second kappa shape index (κ2) is 16.1. The number of aromatic nitrogens is 6. The summed E-state index contributed by atoms with van der Waals surface area (Å²) < 4.78 is 16.6. The van der Waals surface area contributed by atoms with Crippen molar-refractivity contribution in [1.29, 1.82) is 0 Å². The van der Waals surface area contributed by atoms with E-state index in [1.165, 1.54) is 10.6 Å². The highest BCUT2D eigenvalue weighted by atomic mass is 16.5. The molecule has 1 unspecified atom stereocenters. The van der Waals surface area contributed by atoms with Gasteiger partial charge in [0.05, 0.1) is 53.5 Å². The molecule has 7 aromatic rings. The van der Waals surface area contributed by atoms with E-state index in [2.05, 4.69) is 10.2 Å². The number of rotatable bonds is 13. The highest BCUT2D eigenvalue weighted by Crippen LogP contribution is 2.43. The number of aromatic hydroxyl groups is 3. The topological polar surface area (TPSA) is 227 Å². The molecule has 4 aromatic heterocycles. The molecule has 17 nitrogen and oxygen atoms in total. The maximum atomic E-state index is 14.2. The molecule has 64 heavy (non-hydrogen) atoms. The molecule has 0 radical (unpaired) electrons. The van der Waals surface area contributed by atoms with Crippen LogP contribution in [0.25, 0.3) is 50.3 Å². The number of aromatic amines is 1. The van der Waals surface area contributed by atoms with Crippen LogP contribution >= 0.6 is 0 Å². The summed E-state index contributed by atoms with van der Waals surface area (Å²) in [6.45, 7) is 8.01. The number of ether oxygens (including phenoxy) is 2. The number of carbonyl (C=O) groups excluding carboxylic acids is 1. The van der Waals surface area contributed by atoms with Crippen LogP contribution < -0.4 is 11.2 Å². The normalized spacial score (nSPS) is 15.4. The average Bonchev–Trinajstić information content (AvgIpc) is 3.97. The summed E-state index contributed by atoms with van der Waals surface area (Å²) in [5, 5.41) is 50.0. The zero-order valence-corrected chi connectivity index (χ0v) is 35.7. The Balaban J connectivity index is 0.910. The number of phenols is 3. The Morgan fingerprint density at radius 3 is 2.55 bits per heavy atom. The van der Waals surface area contributed by atoms with Crippen molar-refractivity contribution in [2.75, 3.05) is 26.3 Å². The van der Waals surface area contributed by atoms with Gasteiger partial charge in [-0.25, -0.2) is 24.2 Å². The summed E-state index contributed by atoms with van der Waals surface area (Å²) in [4.78, 5) is 59.9. The first-order valence-corrected chi connectivity index (χ1v) is 21.2. The van der Waals surface area contributed by atoms with Gasteiger partial charge in [-0.05, 0) is 90.0 Å². The lowest BCUT2D eigenvalue weighted by atomic mass is 9.74. The minimum Gasteiger partial charge on any atom is -0.508 e. The Kier molecular flexibility index (Phi) is 10.5. The van der Waals surface area contributed by atoms with Crippen molar-refractivity contribution in [3.05, 3.63) is 116 Å². The molecule has 0 aliphatic carbocycles. The largest absolute Gasteiger partial charge is 0.508 e. The van der Waals surface area contributed by atoms with Crippen LogP contribution in [0.5, 0.6) is 17.2 Å². The number of H-pyrrole nitrogens is 1. The van der Waals surface area contributed by atoms with E-state index in [4.69, 9.17) is 14.5 Å². The average molecular weight is 870 g/mol. The molecule has 0 bridgehead atoms. The van der Waals surface area contributed by atoms with Crippen LogP contribution in [-0.2, 0) is 45.8 Å². The summed E-state index contributed by atoms with van der Waals surface area (Å²) in [5.74, 6) is -0.628. The summed E-state index contributed by atoms with van der Waals surface area (Å²) in [7, 11) is 0. The lowest BCUT2D eigenvalue weighted by molar-refractivity contribution is -0.155. The number of esters is 1. The van der Waals surface area contributed by atoms with E-state index in [1.54, 1.807) is 47.9 Å². The molecular formula is C47H47N7O10. The van der Waals surface area contributed by atoms with Crippen LogP contribution in [0, 0.1) is 0 Å². The van der Waals surface area contributed by atoms with Crippen LogP contribution in [0.3, 0.4) is 0 Å². The Morgan fingerprint density at radius 2 is 1.80 bits per heavy atom. The number of phenolic OH excluding ortho intramolecular Hbond substituents is 3. The van der Waals surface area contributed by atoms with Crippen LogP contribution in [-0.4, -0.2) is 92.6 Å². The lowest BCUT2D eigenvalue weighted by Gasteiger charge is -2.39. The van der Waals surface area contributed by atoms with Gasteiger partial charge in [-0.2, -0.15) is 5.10 Å². The molecule has 1 amide bonds. The first kappa shape index (κ1) is 41.9. The molecule has 2 aliphatic heterocycles. The molecule has 6 heterocycles. The first-order valence-electron chi connectivity index (χ1n) is 21.2. The van der Waals surface area contributed by atoms with E-state index in [0.717, 1.165) is 32.3 Å². The first-order chi connectivity index (χ1) is 30.7. The molecule has 0 saturated heterocycles. The van der Waals surface area contributed by atoms with Crippen molar-refractivity contribution in [2.45, 2.75) is 71.6 Å². The number of benzene rings is 3. The lowest BCUT2D eigenvalue weighted by Crippen LogP contribution is -2.53. The molecule has 0 saturated carbocycles. The number of amides is 1. The molecule has 330 valence electrons. The van der Waals surface area contributed by atoms with Gasteiger partial charge in [-0.15, -0.1) is 0 Å². The number of hydrogen-bond donors (Lipinski definition) is 5. The van der Waals surface area contributed by atoms with Gasteiger partial charge in [-0.3, -0.25) is 9.59 Å². The Labute approximate surface area is 365 Å². The van der Waals surface area contributed by atoms with Gasteiger partial charge in [-0.1, -0.05) is 27.7 Å². The zero-order valence-electron chi connectivity index (χ0n) is 35.7. The van der Waals surface area contributed by atoms with Gasteiger partial charge in [0.2, 0.25) is 0 Å². The minimum absolute atomic E-state index is 0.0265. The second-order valence-corrected chi connectivity index (χ2v) is 16.6. The number of aryl methyl sites for hydroxylation is 1. The molecule has 0 spiro atoms. The number of nitrogens with one attached hydrogen (secondary N) is 1. The van der Waals surface area contributed by atoms with Gasteiger partial charge in [0.25, 0.3) is 5.56 Å². The predicted molar refractivity (Wildman–Crippen MR) is 236 cm³/mol. The van der Waals surface area contributed by atoms with Crippen LogP contribution in [0.4, 0.5) is 4.79 Å². The number of carboxylic acid groups (broad SMARTS) is 1. The number of cyclic esters (lactones) is 1. The fourth-order valence-electron chi connectivity index (χ4n) is 9.37. The third kappa shape index (κ3) is 6.83. The van der Waals surface area contributed by atoms with Gasteiger partial charge < -0.3 is 43.9 Å². The van der Waals surface area contributed by atoms with Crippen molar-refractivity contribution >= 4 is 33.9 Å². The Hall–Kier alpha value is -7.40.